The zero-order valence-electron chi connectivity index (χ0n) is 15.9. The lowest BCUT2D eigenvalue weighted by Gasteiger charge is -2.09. The van der Waals surface area contributed by atoms with E-state index >= 15 is 0 Å². The molecule has 0 fully saturated rings. The van der Waals surface area contributed by atoms with Crippen molar-refractivity contribution in [1.82, 2.24) is 9.97 Å². The smallest absolute Gasteiger partial charge is 0.274 e. The molecule has 0 unspecified atom stereocenters. The van der Waals surface area contributed by atoms with Crippen LogP contribution in [0.15, 0.2) is 60.8 Å². The van der Waals surface area contributed by atoms with E-state index in [0.29, 0.717) is 24.8 Å². The van der Waals surface area contributed by atoms with Crippen LogP contribution in [-0.2, 0) is 6.42 Å². The van der Waals surface area contributed by atoms with Crippen LogP contribution < -0.4 is 10.6 Å². The Bertz CT molecular complexity index is 924. The molecule has 0 radical (unpaired) electrons. The van der Waals surface area contributed by atoms with Gasteiger partial charge in [-0.2, -0.15) is 0 Å². The summed E-state index contributed by atoms with van der Waals surface area (Å²) in [6.07, 6.45) is 2.24. The van der Waals surface area contributed by atoms with Crippen molar-refractivity contribution >= 4 is 17.5 Å². The van der Waals surface area contributed by atoms with E-state index in [0.717, 1.165) is 11.3 Å². The first-order valence-corrected chi connectivity index (χ1v) is 9.24. The van der Waals surface area contributed by atoms with Crippen molar-refractivity contribution in [2.24, 2.45) is 0 Å². The maximum absolute atomic E-state index is 12.9. The molecule has 0 saturated heterocycles. The maximum Gasteiger partial charge on any atom is 0.274 e. The summed E-state index contributed by atoms with van der Waals surface area (Å²) in [4.78, 5) is 20.9. The van der Waals surface area contributed by atoms with Crippen LogP contribution in [0.4, 0.5) is 16.0 Å². The van der Waals surface area contributed by atoms with Gasteiger partial charge in [-0.05, 0) is 53.8 Å². The van der Waals surface area contributed by atoms with Crippen LogP contribution in [0, 0.1) is 5.82 Å². The summed E-state index contributed by atoms with van der Waals surface area (Å²) in [6.45, 7) is 4.82. The molecule has 0 aliphatic rings. The normalized spacial score (nSPS) is 10.7. The van der Waals surface area contributed by atoms with Gasteiger partial charge in [-0.3, -0.25) is 4.79 Å². The molecule has 1 aromatic heterocycles. The van der Waals surface area contributed by atoms with Gasteiger partial charge in [0.05, 0.1) is 0 Å². The zero-order chi connectivity index (χ0) is 19.9. The highest BCUT2D eigenvalue weighted by atomic mass is 19.1. The number of benzene rings is 2. The van der Waals surface area contributed by atoms with Crippen LogP contribution in [0.25, 0.3) is 0 Å². The van der Waals surface area contributed by atoms with Crippen molar-refractivity contribution in [1.29, 1.82) is 0 Å². The third-order valence-electron chi connectivity index (χ3n) is 4.33. The standard InChI is InChI=1S/C22H23FN4O/c1-15(2)17-5-9-19(10-6-17)26-21(28)20-12-14-25-22(27-20)24-13-11-16-3-7-18(23)8-4-16/h3-10,12,14-15H,11,13H2,1-2H3,(H,26,28)(H,24,25,27). The van der Waals surface area contributed by atoms with Crippen molar-refractivity contribution in [3.63, 3.8) is 0 Å². The Balaban J connectivity index is 1.57. The molecule has 1 heterocycles. The minimum Gasteiger partial charge on any atom is -0.354 e. The van der Waals surface area contributed by atoms with E-state index in [4.69, 9.17) is 0 Å². The van der Waals surface area contributed by atoms with Crippen LogP contribution >= 0.6 is 0 Å². The largest absolute Gasteiger partial charge is 0.354 e. The van der Waals surface area contributed by atoms with Gasteiger partial charge in [-0.15, -0.1) is 0 Å². The SMILES string of the molecule is CC(C)c1ccc(NC(=O)c2ccnc(NCCc3ccc(F)cc3)n2)cc1. The lowest BCUT2D eigenvalue weighted by Crippen LogP contribution is -2.16. The van der Waals surface area contributed by atoms with Crippen molar-refractivity contribution in [3.05, 3.63) is 83.4 Å². The molecule has 0 atom stereocenters. The first kappa shape index (κ1) is 19.5. The summed E-state index contributed by atoms with van der Waals surface area (Å²) in [5.74, 6) is 0.277. The molecule has 5 nitrogen and oxygen atoms in total. The molecule has 2 N–H and O–H groups in total. The number of hydrogen-bond acceptors (Lipinski definition) is 4. The van der Waals surface area contributed by atoms with E-state index in [1.54, 1.807) is 24.4 Å². The molecule has 1 amide bonds. The number of hydrogen-bond donors (Lipinski definition) is 2. The highest BCUT2D eigenvalue weighted by molar-refractivity contribution is 6.02. The summed E-state index contributed by atoms with van der Waals surface area (Å²) in [5.41, 5.74) is 3.23. The summed E-state index contributed by atoms with van der Waals surface area (Å²) in [6, 6.07) is 15.7. The van der Waals surface area contributed by atoms with Crippen molar-refractivity contribution in [3.8, 4) is 0 Å². The maximum atomic E-state index is 12.9. The third kappa shape index (κ3) is 5.36. The van der Waals surface area contributed by atoms with Crippen molar-refractivity contribution in [2.75, 3.05) is 17.2 Å². The van der Waals surface area contributed by atoms with E-state index in [1.807, 2.05) is 24.3 Å². The molecule has 3 rings (SSSR count). The number of halogens is 1. The number of aromatic nitrogens is 2. The highest BCUT2D eigenvalue weighted by Gasteiger charge is 2.10. The Morgan fingerprint density at radius 1 is 1.04 bits per heavy atom. The van der Waals surface area contributed by atoms with Crippen LogP contribution in [-0.4, -0.2) is 22.4 Å². The van der Waals surface area contributed by atoms with Gasteiger partial charge in [0.2, 0.25) is 5.95 Å². The Kier molecular flexibility index (Phi) is 6.32. The number of rotatable bonds is 7. The number of anilines is 2. The fraction of sp³-hybridized carbons (Fsp3) is 0.227. The Morgan fingerprint density at radius 3 is 2.43 bits per heavy atom. The summed E-state index contributed by atoms with van der Waals surface area (Å²) in [5, 5.41) is 5.94. The molecular formula is C22H23FN4O. The van der Waals surface area contributed by atoms with E-state index in [9.17, 15) is 9.18 Å². The Morgan fingerprint density at radius 2 is 1.75 bits per heavy atom. The number of amides is 1. The first-order valence-electron chi connectivity index (χ1n) is 9.24. The predicted octanol–water partition coefficient (Wildman–Crippen LogP) is 4.65. The van der Waals surface area contributed by atoms with Gasteiger partial charge in [-0.25, -0.2) is 14.4 Å². The molecule has 3 aromatic rings. The molecule has 0 saturated carbocycles. The fourth-order valence-electron chi connectivity index (χ4n) is 2.69. The second-order valence-electron chi connectivity index (χ2n) is 6.80. The third-order valence-corrected chi connectivity index (χ3v) is 4.33. The summed E-state index contributed by atoms with van der Waals surface area (Å²) < 4.78 is 12.9. The van der Waals surface area contributed by atoms with Gasteiger partial charge in [0.25, 0.3) is 5.91 Å². The molecule has 0 aliphatic heterocycles. The molecule has 0 spiro atoms. The lowest BCUT2D eigenvalue weighted by molar-refractivity contribution is 0.102. The predicted molar refractivity (Wildman–Crippen MR) is 109 cm³/mol. The van der Waals surface area contributed by atoms with Gasteiger partial charge >= 0.3 is 0 Å². The van der Waals surface area contributed by atoms with Gasteiger partial charge in [0, 0.05) is 18.4 Å². The number of carbonyl (C=O) groups is 1. The highest BCUT2D eigenvalue weighted by Crippen LogP contribution is 2.17. The van der Waals surface area contributed by atoms with Crippen LogP contribution in [0.3, 0.4) is 0 Å². The van der Waals surface area contributed by atoms with Crippen LogP contribution in [0.2, 0.25) is 0 Å². The minimum atomic E-state index is -0.290. The molecule has 144 valence electrons. The molecular weight excluding hydrogens is 355 g/mol. The Labute approximate surface area is 164 Å². The Hall–Kier alpha value is -3.28. The number of nitrogens with zero attached hydrogens (tertiary/aromatic N) is 2. The topological polar surface area (TPSA) is 66.9 Å². The lowest BCUT2D eigenvalue weighted by atomic mass is 10.0. The average molecular weight is 378 g/mol. The summed E-state index contributed by atoms with van der Waals surface area (Å²) >= 11 is 0. The quantitative estimate of drug-likeness (QED) is 0.628. The van der Waals surface area contributed by atoms with E-state index in [2.05, 4.69) is 34.4 Å². The van der Waals surface area contributed by atoms with Gasteiger partial charge in [-0.1, -0.05) is 38.1 Å². The second-order valence-corrected chi connectivity index (χ2v) is 6.80. The van der Waals surface area contributed by atoms with Crippen LogP contribution in [0.5, 0.6) is 0 Å². The second kappa shape index (κ2) is 9.08. The zero-order valence-corrected chi connectivity index (χ0v) is 15.9. The first-order chi connectivity index (χ1) is 13.5. The molecule has 0 bridgehead atoms. The minimum absolute atomic E-state index is 0.252. The van der Waals surface area contributed by atoms with E-state index in [1.165, 1.54) is 17.7 Å². The van der Waals surface area contributed by atoms with E-state index in [-0.39, 0.29) is 17.4 Å². The van der Waals surface area contributed by atoms with Crippen molar-refractivity contribution < 1.29 is 9.18 Å². The average Bonchev–Trinajstić information content (AvgIpc) is 2.70. The van der Waals surface area contributed by atoms with Crippen molar-refractivity contribution in [2.45, 2.75) is 26.2 Å². The molecule has 28 heavy (non-hydrogen) atoms. The summed E-state index contributed by atoms with van der Waals surface area (Å²) in [7, 11) is 0. The van der Waals surface area contributed by atoms with Gasteiger partial charge in [0.15, 0.2) is 0 Å². The van der Waals surface area contributed by atoms with Gasteiger partial charge < -0.3 is 10.6 Å². The number of nitrogens with one attached hydrogen (secondary N) is 2. The van der Waals surface area contributed by atoms with Gasteiger partial charge in [0.1, 0.15) is 11.5 Å². The van der Waals surface area contributed by atoms with Crippen LogP contribution in [0.1, 0.15) is 41.4 Å². The molecule has 6 heteroatoms. The van der Waals surface area contributed by atoms with E-state index < -0.39 is 0 Å². The number of carbonyl (C=O) groups excluding carboxylic acids is 1. The fourth-order valence-corrected chi connectivity index (χ4v) is 2.69. The molecule has 2 aromatic carbocycles. The molecule has 0 aliphatic carbocycles. The monoisotopic (exact) mass is 378 g/mol.